The van der Waals surface area contributed by atoms with Gasteiger partial charge in [-0.3, -0.25) is 4.79 Å². The highest BCUT2D eigenvalue weighted by molar-refractivity contribution is 9.10. The minimum absolute atomic E-state index is 0.0408. The van der Waals surface area contributed by atoms with Crippen LogP contribution < -0.4 is 11.1 Å². The van der Waals surface area contributed by atoms with Gasteiger partial charge in [0.2, 0.25) is 5.91 Å². The molecular formula is C15H18BrN3OS. The number of carbonyl (C=O) groups is 1. The largest absolute Gasteiger partial charge is 0.369 e. The molecule has 1 amide bonds. The van der Waals surface area contributed by atoms with Crippen LogP contribution in [-0.4, -0.2) is 10.9 Å². The molecule has 0 radical (unpaired) electrons. The Morgan fingerprint density at radius 3 is 2.67 bits per heavy atom. The molecule has 1 heterocycles. The summed E-state index contributed by atoms with van der Waals surface area (Å²) >= 11 is 4.95. The molecule has 112 valence electrons. The fourth-order valence-electron chi connectivity index (χ4n) is 1.80. The molecule has 4 nitrogen and oxygen atoms in total. The summed E-state index contributed by atoms with van der Waals surface area (Å²) in [7, 11) is 0. The van der Waals surface area contributed by atoms with Crippen molar-refractivity contribution in [3.63, 3.8) is 0 Å². The molecule has 2 aromatic rings. The van der Waals surface area contributed by atoms with Crippen molar-refractivity contribution in [2.24, 2.45) is 5.73 Å². The number of hydrogen-bond donors (Lipinski definition) is 2. The van der Waals surface area contributed by atoms with Crippen molar-refractivity contribution in [1.82, 2.24) is 4.98 Å². The van der Waals surface area contributed by atoms with Gasteiger partial charge in [0.05, 0.1) is 10.7 Å². The monoisotopic (exact) mass is 367 g/mol. The van der Waals surface area contributed by atoms with Gasteiger partial charge in [-0.2, -0.15) is 0 Å². The first-order valence-corrected chi connectivity index (χ1v) is 8.22. The van der Waals surface area contributed by atoms with Crippen LogP contribution in [-0.2, 0) is 10.2 Å². The Morgan fingerprint density at radius 2 is 2.14 bits per heavy atom. The van der Waals surface area contributed by atoms with E-state index in [1.165, 1.54) is 0 Å². The zero-order valence-corrected chi connectivity index (χ0v) is 14.6. The third kappa shape index (κ3) is 4.04. The van der Waals surface area contributed by atoms with Crippen molar-refractivity contribution in [2.75, 3.05) is 5.32 Å². The van der Waals surface area contributed by atoms with Gasteiger partial charge in [0.15, 0.2) is 0 Å². The number of hydrogen-bond acceptors (Lipinski definition) is 4. The Kier molecular flexibility index (Phi) is 4.68. The Balaban J connectivity index is 2.27. The number of nitrogens with zero attached hydrogens (tertiary/aromatic N) is 1. The molecular weight excluding hydrogens is 350 g/mol. The summed E-state index contributed by atoms with van der Waals surface area (Å²) in [4.78, 5) is 16.3. The SMILES string of the molecule is CC(C)(C)c1nc(C(Nc2cccc(Br)c2)C(N)=O)cs1. The number of anilines is 1. The summed E-state index contributed by atoms with van der Waals surface area (Å²) in [5.74, 6) is -0.444. The summed E-state index contributed by atoms with van der Waals surface area (Å²) in [5.41, 5.74) is 6.97. The second kappa shape index (κ2) is 6.15. The number of halogens is 1. The van der Waals surface area contributed by atoms with Gasteiger partial charge in [0.25, 0.3) is 0 Å². The van der Waals surface area contributed by atoms with Crippen molar-refractivity contribution >= 4 is 38.9 Å². The predicted molar refractivity (Wildman–Crippen MR) is 90.5 cm³/mol. The Hall–Kier alpha value is -1.40. The average Bonchev–Trinajstić information content (AvgIpc) is 2.84. The molecule has 0 fully saturated rings. The highest BCUT2D eigenvalue weighted by Crippen LogP contribution is 2.29. The zero-order valence-electron chi connectivity index (χ0n) is 12.2. The van der Waals surface area contributed by atoms with Crippen LogP contribution in [0.4, 0.5) is 5.69 Å². The predicted octanol–water partition coefficient (Wildman–Crippen LogP) is 3.84. The molecule has 0 aliphatic rings. The second-order valence-corrected chi connectivity index (χ2v) is 7.59. The fraction of sp³-hybridized carbons (Fsp3) is 0.333. The molecule has 3 N–H and O–H groups in total. The molecule has 0 aliphatic heterocycles. The number of nitrogens with two attached hydrogens (primary N) is 1. The van der Waals surface area contributed by atoms with E-state index < -0.39 is 11.9 Å². The third-order valence-corrected chi connectivity index (χ3v) is 4.66. The second-order valence-electron chi connectivity index (χ2n) is 5.82. The molecule has 2 rings (SSSR count). The van der Waals surface area contributed by atoms with Crippen LogP contribution >= 0.6 is 27.3 Å². The van der Waals surface area contributed by atoms with Gasteiger partial charge in [0, 0.05) is 21.0 Å². The molecule has 0 bridgehead atoms. The van der Waals surface area contributed by atoms with E-state index in [-0.39, 0.29) is 5.41 Å². The van der Waals surface area contributed by atoms with Gasteiger partial charge >= 0.3 is 0 Å². The van der Waals surface area contributed by atoms with E-state index in [1.54, 1.807) is 11.3 Å². The number of rotatable bonds is 4. The fourth-order valence-corrected chi connectivity index (χ4v) is 3.13. The van der Waals surface area contributed by atoms with Gasteiger partial charge in [-0.05, 0) is 18.2 Å². The van der Waals surface area contributed by atoms with E-state index in [2.05, 4.69) is 47.0 Å². The van der Waals surface area contributed by atoms with Crippen molar-refractivity contribution in [2.45, 2.75) is 32.2 Å². The van der Waals surface area contributed by atoms with Crippen LogP contribution in [0, 0.1) is 0 Å². The molecule has 1 aromatic heterocycles. The van der Waals surface area contributed by atoms with E-state index in [4.69, 9.17) is 5.73 Å². The summed E-state index contributed by atoms with van der Waals surface area (Å²) in [5, 5.41) is 6.02. The first kappa shape index (κ1) is 16.0. The van der Waals surface area contributed by atoms with Crippen molar-refractivity contribution < 1.29 is 4.79 Å². The lowest BCUT2D eigenvalue weighted by molar-refractivity contribution is -0.118. The van der Waals surface area contributed by atoms with Crippen molar-refractivity contribution in [1.29, 1.82) is 0 Å². The molecule has 0 saturated heterocycles. The highest BCUT2D eigenvalue weighted by Gasteiger charge is 2.24. The van der Waals surface area contributed by atoms with E-state index in [0.29, 0.717) is 5.69 Å². The van der Waals surface area contributed by atoms with E-state index in [0.717, 1.165) is 15.2 Å². The minimum atomic E-state index is -0.633. The number of primary amides is 1. The van der Waals surface area contributed by atoms with E-state index in [9.17, 15) is 4.79 Å². The van der Waals surface area contributed by atoms with Gasteiger partial charge in [-0.25, -0.2) is 4.98 Å². The maximum Gasteiger partial charge on any atom is 0.246 e. The standard InChI is InChI=1S/C15H18BrN3OS/c1-15(2,3)14-19-11(8-21-14)12(13(17)20)18-10-6-4-5-9(16)7-10/h4-8,12,18H,1-3H3,(H2,17,20). The van der Waals surface area contributed by atoms with Crippen LogP contribution in [0.1, 0.15) is 37.5 Å². The number of benzene rings is 1. The molecule has 1 atom stereocenters. The lowest BCUT2D eigenvalue weighted by Crippen LogP contribution is -2.28. The Bertz CT molecular complexity index is 648. The minimum Gasteiger partial charge on any atom is -0.369 e. The number of amides is 1. The van der Waals surface area contributed by atoms with E-state index in [1.807, 2.05) is 29.6 Å². The number of aromatic nitrogens is 1. The molecule has 0 saturated carbocycles. The highest BCUT2D eigenvalue weighted by atomic mass is 79.9. The van der Waals surface area contributed by atoms with Gasteiger partial charge < -0.3 is 11.1 Å². The normalized spacial score (nSPS) is 13.0. The zero-order chi connectivity index (χ0) is 15.6. The summed E-state index contributed by atoms with van der Waals surface area (Å²) < 4.78 is 0.935. The Morgan fingerprint density at radius 1 is 1.43 bits per heavy atom. The lowest BCUT2D eigenvalue weighted by Gasteiger charge is -2.16. The molecule has 1 aromatic carbocycles. The number of nitrogens with one attached hydrogen (secondary N) is 1. The van der Waals surface area contributed by atoms with Crippen LogP contribution in [0.25, 0.3) is 0 Å². The molecule has 1 unspecified atom stereocenters. The maximum atomic E-state index is 11.8. The third-order valence-electron chi connectivity index (χ3n) is 2.88. The smallest absolute Gasteiger partial charge is 0.246 e. The molecule has 0 spiro atoms. The van der Waals surface area contributed by atoms with E-state index >= 15 is 0 Å². The van der Waals surface area contributed by atoms with Crippen LogP contribution in [0.5, 0.6) is 0 Å². The topological polar surface area (TPSA) is 68.0 Å². The summed E-state index contributed by atoms with van der Waals surface area (Å²) in [6.45, 7) is 6.28. The van der Waals surface area contributed by atoms with Crippen molar-refractivity contribution in [3.05, 3.63) is 44.8 Å². The van der Waals surface area contributed by atoms with Crippen LogP contribution in [0.2, 0.25) is 0 Å². The first-order valence-electron chi connectivity index (χ1n) is 6.54. The quantitative estimate of drug-likeness (QED) is 0.862. The van der Waals surface area contributed by atoms with Gasteiger partial charge in [0.1, 0.15) is 6.04 Å². The van der Waals surface area contributed by atoms with Crippen LogP contribution in [0.3, 0.4) is 0 Å². The van der Waals surface area contributed by atoms with Crippen LogP contribution in [0.15, 0.2) is 34.1 Å². The molecule has 6 heteroatoms. The number of carbonyl (C=O) groups excluding carboxylic acids is 1. The summed E-state index contributed by atoms with van der Waals surface area (Å²) in [6.07, 6.45) is 0. The maximum absolute atomic E-state index is 11.8. The lowest BCUT2D eigenvalue weighted by atomic mass is 9.98. The summed E-state index contributed by atoms with van der Waals surface area (Å²) in [6, 6.07) is 6.97. The average molecular weight is 368 g/mol. The first-order chi connectivity index (χ1) is 9.77. The van der Waals surface area contributed by atoms with Crippen molar-refractivity contribution in [3.8, 4) is 0 Å². The number of thiazole rings is 1. The molecule has 21 heavy (non-hydrogen) atoms. The van der Waals surface area contributed by atoms with Gasteiger partial charge in [-0.1, -0.05) is 42.8 Å². The Labute approximate surface area is 136 Å². The van der Waals surface area contributed by atoms with Gasteiger partial charge in [-0.15, -0.1) is 11.3 Å². The molecule has 0 aliphatic carbocycles.